The number of hydrogen-bond donors (Lipinski definition) is 2. The van der Waals surface area contributed by atoms with Gasteiger partial charge in [-0.1, -0.05) is 6.07 Å². The highest BCUT2D eigenvalue weighted by Gasteiger charge is 2.47. The van der Waals surface area contributed by atoms with E-state index in [1.165, 1.54) is 14.2 Å². The lowest BCUT2D eigenvalue weighted by atomic mass is 9.96. The van der Waals surface area contributed by atoms with Gasteiger partial charge in [0.15, 0.2) is 17.5 Å². The van der Waals surface area contributed by atoms with Crippen LogP contribution < -0.4 is 20.1 Å². The van der Waals surface area contributed by atoms with Crippen molar-refractivity contribution in [3.8, 4) is 11.5 Å². The van der Waals surface area contributed by atoms with Crippen molar-refractivity contribution < 1.29 is 27.4 Å². The SMILES string of the molecule is COc1ccc([C@@H]2C[C@H](C(F)(F)F)n3ncc(C(=O)NCc4cnn(C)c4C)c3N2)cc1OC. The minimum atomic E-state index is -4.56. The van der Waals surface area contributed by atoms with Gasteiger partial charge in [0.1, 0.15) is 11.4 Å². The van der Waals surface area contributed by atoms with E-state index in [-0.39, 0.29) is 24.3 Å². The molecular weight excluding hydrogens is 453 g/mol. The normalized spacial score (nSPS) is 17.6. The predicted molar refractivity (Wildman–Crippen MR) is 117 cm³/mol. The second-order valence-electron chi connectivity index (χ2n) is 8.02. The van der Waals surface area contributed by atoms with Gasteiger partial charge in [0, 0.05) is 31.3 Å². The van der Waals surface area contributed by atoms with Crippen molar-refractivity contribution in [1.29, 1.82) is 0 Å². The van der Waals surface area contributed by atoms with Gasteiger partial charge >= 0.3 is 6.18 Å². The number of anilines is 1. The molecule has 0 saturated carbocycles. The number of benzene rings is 1. The Kier molecular flexibility index (Phi) is 6.15. The second kappa shape index (κ2) is 8.92. The number of nitrogens with one attached hydrogen (secondary N) is 2. The number of fused-ring (bicyclic) bond motifs is 1. The number of carbonyl (C=O) groups excluding carboxylic acids is 1. The molecule has 2 N–H and O–H groups in total. The molecule has 3 aromatic rings. The fourth-order valence-electron chi connectivity index (χ4n) is 4.01. The predicted octanol–water partition coefficient (Wildman–Crippen LogP) is 3.53. The number of aromatic nitrogens is 4. The Morgan fingerprint density at radius 1 is 1.21 bits per heavy atom. The third-order valence-corrected chi connectivity index (χ3v) is 6.07. The van der Waals surface area contributed by atoms with Crippen LogP contribution in [0.5, 0.6) is 11.5 Å². The average molecular weight is 478 g/mol. The standard InChI is InChI=1S/C22H25F3N6O3/c1-12-14(10-27-30(12)2)9-26-21(32)15-11-28-31-19(22(23,24)25)8-16(29-20(15)31)13-5-6-17(33-3)18(7-13)34-4/h5-7,10-11,16,19,29H,8-9H2,1-4H3,(H,26,32)/t16-,19+/m0/s1. The first-order chi connectivity index (χ1) is 16.1. The van der Waals surface area contributed by atoms with Crippen molar-refractivity contribution in [2.75, 3.05) is 19.5 Å². The van der Waals surface area contributed by atoms with Crippen LogP contribution in [-0.2, 0) is 13.6 Å². The number of hydrogen-bond acceptors (Lipinski definition) is 6. The first kappa shape index (κ1) is 23.5. The molecule has 3 heterocycles. The van der Waals surface area contributed by atoms with Crippen molar-refractivity contribution >= 4 is 11.7 Å². The molecule has 182 valence electrons. The topological polar surface area (TPSA) is 95.2 Å². The fraction of sp³-hybridized carbons (Fsp3) is 0.409. The third-order valence-electron chi connectivity index (χ3n) is 6.07. The van der Waals surface area contributed by atoms with Crippen LogP contribution in [0.15, 0.2) is 30.6 Å². The number of alkyl halides is 3. The Hall–Kier alpha value is -3.70. The fourth-order valence-corrected chi connectivity index (χ4v) is 4.01. The van der Waals surface area contributed by atoms with E-state index < -0.39 is 24.2 Å². The van der Waals surface area contributed by atoms with Gasteiger partial charge in [0.05, 0.1) is 32.7 Å². The molecule has 0 unspecified atom stereocenters. The summed E-state index contributed by atoms with van der Waals surface area (Å²) in [6.07, 6.45) is -2.07. The number of methoxy groups -OCH3 is 2. The highest BCUT2D eigenvalue weighted by atomic mass is 19.4. The lowest BCUT2D eigenvalue weighted by molar-refractivity contribution is -0.173. The summed E-state index contributed by atoms with van der Waals surface area (Å²) in [7, 11) is 4.72. The Morgan fingerprint density at radius 2 is 1.94 bits per heavy atom. The summed E-state index contributed by atoms with van der Waals surface area (Å²) in [4.78, 5) is 12.9. The summed E-state index contributed by atoms with van der Waals surface area (Å²) < 4.78 is 54.9. The number of halogens is 3. The Bertz CT molecular complexity index is 1200. The molecule has 1 aromatic carbocycles. The summed E-state index contributed by atoms with van der Waals surface area (Å²) in [5.74, 6) is 0.333. The average Bonchev–Trinajstić information content (AvgIpc) is 3.38. The van der Waals surface area contributed by atoms with Crippen molar-refractivity contribution in [1.82, 2.24) is 24.9 Å². The zero-order chi connectivity index (χ0) is 24.6. The van der Waals surface area contributed by atoms with Gasteiger partial charge in [-0.25, -0.2) is 4.68 Å². The van der Waals surface area contributed by atoms with Crippen LogP contribution in [0.25, 0.3) is 0 Å². The zero-order valence-corrected chi connectivity index (χ0v) is 19.1. The Balaban J connectivity index is 1.64. The molecule has 4 rings (SSSR count). The number of nitrogens with zero attached hydrogens (tertiary/aromatic N) is 4. The molecule has 2 aromatic heterocycles. The molecule has 34 heavy (non-hydrogen) atoms. The molecular formula is C22H25F3N6O3. The minimum Gasteiger partial charge on any atom is -0.493 e. The molecule has 0 bridgehead atoms. The summed E-state index contributed by atoms with van der Waals surface area (Å²) in [6.45, 7) is 2.05. The minimum absolute atomic E-state index is 0.00812. The highest BCUT2D eigenvalue weighted by molar-refractivity contribution is 5.98. The second-order valence-corrected chi connectivity index (χ2v) is 8.02. The summed E-state index contributed by atoms with van der Waals surface area (Å²) in [6, 6.07) is 2.30. The number of carbonyl (C=O) groups is 1. The van der Waals surface area contributed by atoms with Gasteiger partial charge in [0.25, 0.3) is 5.91 Å². The highest BCUT2D eigenvalue weighted by Crippen LogP contribution is 2.45. The van der Waals surface area contributed by atoms with E-state index in [4.69, 9.17) is 9.47 Å². The molecule has 0 spiro atoms. The van der Waals surface area contributed by atoms with E-state index in [0.717, 1.165) is 22.1 Å². The maximum absolute atomic E-state index is 14.0. The molecule has 0 radical (unpaired) electrons. The number of ether oxygens (including phenoxy) is 2. The largest absolute Gasteiger partial charge is 0.493 e. The molecule has 1 aliphatic heterocycles. The smallest absolute Gasteiger partial charge is 0.410 e. The Labute approximate surface area is 193 Å². The van der Waals surface area contributed by atoms with Crippen molar-refractivity contribution in [2.24, 2.45) is 7.05 Å². The number of amides is 1. The lowest BCUT2D eigenvalue weighted by Crippen LogP contribution is -2.36. The van der Waals surface area contributed by atoms with Crippen LogP contribution >= 0.6 is 0 Å². The number of aryl methyl sites for hydroxylation is 1. The van der Waals surface area contributed by atoms with Gasteiger partial charge in [0.2, 0.25) is 0 Å². The third kappa shape index (κ3) is 4.27. The van der Waals surface area contributed by atoms with Crippen molar-refractivity contribution in [3.63, 3.8) is 0 Å². The van der Waals surface area contributed by atoms with Gasteiger partial charge in [-0.15, -0.1) is 0 Å². The van der Waals surface area contributed by atoms with Crippen LogP contribution in [0.4, 0.5) is 19.0 Å². The maximum Gasteiger partial charge on any atom is 0.410 e. The van der Waals surface area contributed by atoms with E-state index in [1.807, 2.05) is 6.92 Å². The van der Waals surface area contributed by atoms with Gasteiger partial charge in [-0.2, -0.15) is 23.4 Å². The molecule has 1 aliphatic rings. The first-order valence-corrected chi connectivity index (χ1v) is 10.5. The maximum atomic E-state index is 14.0. The molecule has 12 heteroatoms. The zero-order valence-electron chi connectivity index (χ0n) is 19.1. The first-order valence-electron chi connectivity index (χ1n) is 10.5. The van der Waals surface area contributed by atoms with E-state index in [9.17, 15) is 18.0 Å². The van der Waals surface area contributed by atoms with Crippen LogP contribution in [-0.4, -0.2) is 45.9 Å². The van der Waals surface area contributed by atoms with Crippen molar-refractivity contribution in [3.05, 3.63) is 53.0 Å². The van der Waals surface area contributed by atoms with E-state index in [1.54, 1.807) is 36.1 Å². The van der Waals surface area contributed by atoms with Gasteiger partial charge < -0.3 is 20.1 Å². The van der Waals surface area contributed by atoms with Crippen LogP contribution in [0.2, 0.25) is 0 Å². The molecule has 1 amide bonds. The summed E-state index contributed by atoms with van der Waals surface area (Å²) in [5.41, 5.74) is 2.28. The monoisotopic (exact) mass is 478 g/mol. The molecule has 9 nitrogen and oxygen atoms in total. The van der Waals surface area contributed by atoms with E-state index >= 15 is 0 Å². The van der Waals surface area contributed by atoms with E-state index in [2.05, 4.69) is 20.8 Å². The molecule has 2 atom stereocenters. The quantitative estimate of drug-likeness (QED) is 0.563. The molecule has 0 aliphatic carbocycles. The number of rotatable bonds is 6. The van der Waals surface area contributed by atoms with Crippen LogP contribution in [0, 0.1) is 6.92 Å². The van der Waals surface area contributed by atoms with E-state index in [0.29, 0.717) is 17.1 Å². The van der Waals surface area contributed by atoms with Crippen molar-refractivity contribution in [2.45, 2.75) is 38.1 Å². The summed E-state index contributed by atoms with van der Waals surface area (Å²) >= 11 is 0. The molecule has 0 saturated heterocycles. The van der Waals surface area contributed by atoms with Gasteiger partial charge in [-0.3, -0.25) is 9.48 Å². The summed E-state index contributed by atoms with van der Waals surface area (Å²) in [5, 5.41) is 13.8. The van der Waals surface area contributed by atoms with Crippen LogP contribution in [0.1, 0.15) is 45.7 Å². The van der Waals surface area contributed by atoms with Crippen LogP contribution in [0.3, 0.4) is 0 Å². The lowest BCUT2D eigenvalue weighted by Gasteiger charge is -2.34. The molecule has 0 fully saturated rings. The van der Waals surface area contributed by atoms with Gasteiger partial charge in [-0.05, 0) is 24.6 Å². The Morgan fingerprint density at radius 3 is 2.56 bits per heavy atom.